The largest absolute Gasteiger partial charge is 0.331 e. The lowest BCUT2D eigenvalue weighted by molar-refractivity contribution is -0.124. The molecule has 0 radical (unpaired) electrons. The van der Waals surface area contributed by atoms with Crippen molar-refractivity contribution in [1.82, 2.24) is 15.5 Å². The van der Waals surface area contributed by atoms with E-state index in [-0.39, 0.29) is 12.5 Å². The van der Waals surface area contributed by atoms with Crippen molar-refractivity contribution >= 4 is 17.8 Å². The van der Waals surface area contributed by atoms with Gasteiger partial charge in [-0.25, -0.2) is 9.18 Å². The first-order valence-corrected chi connectivity index (χ1v) is 7.76. The fraction of sp³-hybridized carbons (Fsp3) is 0.167. The molecule has 0 spiro atoms. The zero-order chi connectivity index (χ0) is 17.6. The number of amides is 4. The van der Waals surface area contributed by atoms with Gasteiger partial charge in [0.15, 0.2) is 5.54 Å². The van der Waals surface area contributed by atoms with E-state index in [0.29, 0.717) is 17.7 Å². The lowest BCUT2D eigenvalue weighted by atomic mass is 9.89. The Balaban J connectivity index is 1.72. The number of fused-ring (bicyclic) bond motifs is 1. The van der Waals surface area contributed by atoms with Crippen LogP contribution >= 0.6 is 0 Å². The second kappa shape index (κ2) is 5.41. The summed E-state index contributed by atoms with van der Waals surface area (Å²) in [6, 6.07) is 11.9. The van der Waals surface area contributed by atoms with Gasteiger partial charge in [0, 0.05) is 12.1 Å². The predicted molar refractivity (Wildman–Crippen MR) is 85.9 cm³/mol. The summed E-state index contributed by atoms with van der Waals surface area (Å²) in [4.78, 5) is 38.4. The number of nitrogens with zero attached hydrogens (tertiary/aromatic N) is 1. The Morgan fingerprint density at radius 3 is 2.40 bits per heavy atom. The Bertz CT molecular complexity index is 897. The molecule has 4 amide bonds. The van der Waals surface area contributed by atoms with Crippen LogP contribution in [0.3, 0.4) is 0 Å². The lowest BCUT2D eigenvalue weighted by Gasteiger charge is -2.31. The molecule has 0 unspecified atom stereocenters. The Hall–Kier alpha value is -3.22. The molecular weight excluding hydrogens is 325 g/mol. The first-order chi connectivity index (χ1) is 12.0. The summed E-state index contributed by atoms with van der Waals surface area (Å²) in [7, 11) is 0. The molecule has 2 aromatic rings. The Labute approximate surface area is 142 Å². The van der Waals surface area contributed by atoms with Gasteiger partial charge in [-0.2, -0.15) is 0 Å². The summed E-state index contributed by atoms with van der Waals surface area (Å²) in [5.41, 5.74) is 0.427. The molecule has 126 valence electrons. The Morgan fingerprint density at radius 2 is 1.76 bits per heavy atom. The Morgan fingerprint density at radius 1 is 1.04 bits per heavy atom. The number of urea groups is 1. The zero-order valence-corrected chi connectivity index (χ0v) is 13.1. The highest BCUT2D eigenvalue weighted by Crippen LogP contribution is 2.31. The van der Waals surface area contributed by atoms with E-state index in [9.17, 15) is 18.8 Å². The molecule has 0 saturated carbocycles. The lowest BCUT2D eigenvalue weighted by Crippen LogP contribution is -2.52. The highest BCUT2D eigenvalue weighted by molar-refractivity contribution is 6.08. The molecule has 6 nitrogen and oxygen atoms in total. The molecular formula is C18H14FN3O3. The maximum atomic E-state index is 13.3. The van der Waals surface area contributed by atoms with Crippen LogP contribution in [0.4, 0.5) is 9.18 Å². The second-order valence-electron chi connectivity index (χ2n) is 6.14. The fourth-order valence-electron chi connectivity index (χ4n) is 3.36. The number of halogens is 1. The van der Waals surface area contributed by atoms with Crippen LogP contribution < -0.4 is 10.6 Å². The summed E-state index contributed by atoms with van der Waals surface area (Å²) < 4.78 is 13.3. The number of carbonyl (C=O) groups is 3. The minimum Gasteiger partial charge on any atom is -0.331 e. The topological polar surface area (TPSA) is 78.5 Å². The van der Waals surface area contributed by atoms with Crippen molar-refractivity contribution in [3.05, 3.63) is 71.0 Å². The molecule has 0 bridgehead atoms. The van der Waals surface area contributed by atoms with E-state index in [1.54, 1.807) is 12.1 Å². The molecule has 2 aromatic carbocycles. The highest BCUT2D eigenvalue weighted by atomic mass is 19.1. The van der Waals surface area contributed by atoms with Crippen LogP contribution in [0.2, 0.25) is 0 Å². The van der Waals surface area contributed by atoms with Gasteiger partial charge in [0.25, 0.3) is 11.8 Å². The average Bonchev–Trinajstić information content (AvgIpc) is 3.06. The van der Waals surface area contributed by atoms with Gasteiger partial charge >= 0.3 is 6.03 Å². The molecule has 2 aliphatic rings. The van der Waals surface area contributed by atoms with Crippen LogP contribution in [0.25, 0.3) is 0 Å². The summed E-state index contributed by atoms with van der Waals surface area (Å²) >= 11 is 0. The van der Waals surface area contributed by atoms with Gasteiger partial charge in [-0.3, -0.25) is 14.9 Å². The quantitative estimate of drug-likeness (QED) is 0.832. The van der Waals surface area contributed by atoms with E-state index in [2.05, 4.69) is 10.6 Å². The van der Waals surface area contributed by atoms with Gasteiger partial charge in [-0.05, 0) is 29.3 Å². The summed E-state index contributed by atoms with van der Waals surface area (Å²) in [6.45, 7) is 0.310. The molecule has 25 heavy (non-hydrogen) atoms. The third-order valence-electron chi connectivity index (χ3n) is 4.60. The van der Waals surface area contributed by atoms with Crippen LogP contribution in [-0.4, -0.2) is 29.3 Å². The third-order valence-corrected chi connectivity index (χ3v) is 4.60. The maximum Gasteiger partial charge on any atom is 0.322 e. The van der Waals surface area contributed by atoms with E-state index < -0.39 is 23.3 Å². The maximum absolute atomic E-state index is 13.3. The van der Waals surface area contributed by atoms with Gasteiger partial charge < -0.3 is 10.2 Å². The minimum absolute atomic E-state index is 0.0380. The predicted octanol–water partition coefficient (Wildman–Crippen LogP) is 1.52. The van der Waals surface area contributed by atoms with Gasteiger partial charge in [-0.15, -0.1) is 0 Å². The van der Waals surface area contributed by atoms with Crippen LogP contribution in [0.15, 0.2) is 48.5 Å². The number of hydrogen-bond donors (Lipinski definition) is 2. The van der Waals surface area contributed by atoms with Crippen molar-refractivity contribution in [2.45, 2.75) is 12.1 Å². The van der Waals surface area contributed by atoms with Crippen molar-refractivity contribution in [3.63, 3.8) is 0 Å². The number of benzene rings is 2. The standard InChI is InChI=1S/C18H14FN3O3/c19-13-7-5-12(6-8-13)18(16(24)20-17(25)21-18)10-22-9-11-3-1-2-4-14(11)15(22)23/h1-8H,9-10H2,(H2,20,21,24,25)/t18-/m1/s1. The SMILES string of the molecule is O=C1NC(=O)[C@@](CN2Cc3ccccc3C2=O)(c2ccc(F)cc2)N1. The molecule has 0 aliphatic carbocycles. The number of rotatable bonds is 3. The van der Waals surface area contributed by atoms with Crippen LogP contribution in [0, 0.1) is 5.82 Å². The summed E-state index contributed by atoms with van der Waals surface area (Å²) in [5, 5.41) is 4.82. The van der Waals surface area contributed by atoms with Crippen LogP contribution in [0.5, 0.6) is 0 Å². The van der Waals surface area contributed by atoms with Gasteiger partial charge in [0.2, 0.25) is 0 Å². The van der Waals surface area contributed by atoms with Crippen molar-refractivity contribution in [3.8, 4) is 0 Å². The molecule has 7 heteroatoms. The summed E-state index contributed by atoms with van der Waals surface area (Å²) in [5.74, 6) is -1.22. The first kappa shape index (κ1) is 15.3. The van der Waals surface area contributed by atoms with Crippen molar-refractivity contribution in [1.29, 1.82) is 0 Å². The van der Waals surface area contributed by atoms with Crippen LogP contribution in [0.1, 0.15) is 21.5 Å². The fourth-order valence-corrected chi connectivity index (χ4v) is 3.36. The summed E-state index contributed by atoms with van der Waals surface area (Å²) in [6.07, 6.45) is 0. The van der Waals surface area contributed by atoms with E-state index >= 15 is 0 Å². The molecule has 2 aliphatic heterocycles. The third kappa shape index (κ3) is 2.36. The van der Waals surface area contributed by atoms with Gasteiger partial charge in [0.1, 0.15) is 5.82 Å². The molecule has 1 fully saturated rings. The van der Waals surface area contributed by atoms with Crippen LogP contribution in [-0.2, 0) is 16.9 Å². The zero-order valence-electron chi connectivity index (χ0n) is 13.1. The normalized spacial score (nSPS) is 22.0. The average molecular weight is 339 g/mol. The van der Waals surface area contributed by atoms with Crippen molar-refractivity contribution < 1.29 is 18.8 Å². The molecule has 4 rings (SSSR count). The van der Waals surface area contributed by atoms with E-state index in [0.717, 1.165) is 5.56 Å². The van der Waals surface area contributed by atoms with Gasteiger partial charge in [-0.1, -0.05) is 30.3 Å². The number of nitrogens with one attached hydrogen (secondary N) is 2. The minimum atomic E-state index is -1.44. The second-order valence-corrected chi connectivity index (χ2v) is 6.14. The number of hydrogen-bond acceptors (Lipinski definition) is 3. The van der Waals surface area contributed by atoms with Crippen molar-refractivity contribution in [2.75, 3.05) is 6.54 Å². The van der Waals surface area contributed by atoms with Gasteiger partial charge in [0.05, 0.1) is 6.54 Å². The van der Waals surface area contributed by atoms with E-state index in [1.807, 2.05) is 12.1 Å². The molecule has 2 N–H and O–H groups in total. The smallest absolute Gasteiger partial charge is 0.322 e. The van der Waals surface area contributed by atoms with E-state index in [4.69, 9.17) is 0 Å². The van der Waals surface area contributed by atoms with Crippen molar-refractivity contribution in [2.24, 2.45) is 0 Å². The highest BCUT2D eigenvalue weighted by Gasteiger charge is 2.50. The van der Waals surface area contributed by atoms with E-state index in [1.165, 1.54) is 29.2 Å². The first-order valence-electron chi connectivity index (χ1n) is 7.76. The molecule has 2 heterocycles. The molecule has 0 aromatic heterocycles. The monoisotopic (exact) mass is 339 g/mol. The Kier molecular flexibility index (Phi) is 3.31. The molecule has 1 atom stereocenters. The number of carbonyl (C=O) groups excluding carboxylic acids is 3. The molecule has 1 saturated heterocycles. The number of imide groups is 1.